The maximum atomic E-state index is 12.4. The van der Waals surface area contributed by atoms with Gasteiger partial charge >= 0.3 is 0 Å². The lowest BCUT2D eigenvalue weighted by molar-refractivity contribution is 0.0933. The van der Waals surface area contributed by atoms with Crippen LogP contribution >= 0.6 is 23.1 Å². The van der Waals surface area contributed by atoms with Gasteiger partial charge in [-0.3, -0.25) is 9.48 Å². The summed E-state index contributed by atoms with van der Waals surface area (Å²) in [6.07, 6.45) is 7.47. The summed E-state index contributed by atoms with van der Waals surface area (Å²) in [5, 5.41) is 8.25. The standard InChI is InChI=1S/C18H21N5OS2/c1-22-10-12(9-19-22)17(24)20-13-4-3-7-23(11-13)18-21-15-6-5-14(25-2)8-16(15)26-18/h5-6,8-10,13H,3-4,7,11H2,1-2H3,(H,20,24). The van der Waals surface area contributed by atoms with E-state index in [2.05, 4.69) is 39.8 Å². The fourth-order valence-corrected chi connectivity index (χ4v) is 4.79. The van der Waals surface area contributed by atoms with Crippen LogP contribution in [0.15, 0.2) is 35.5 Å². The van der Waals surface area contributed by atoms with Gasteiger partial charge in [-0.25, -0.2) is 4.98 Å². The molecule has 1 unspecified atom stereocenters. The van der Waals surface area contributed by atoms with E-state index in [1.165, 1.54) is 9.60 Å². The van der Waals surface area contributed by atoms with Gasteiger partial charge in [-0.05, 0) is 37.3 Å². The second-order valence-electron chi connectivity index (χ2n) is 6.49. The number of benzene rings is 1. The minimum absolute atomic E-state index is 0.0566. The van der Waals surface area contributed by atoms with Crippen molar-refractivity contribution in [1.29, 1.82) is 0 Å². The molecule has 136 valence electrons. The maximum absolute atomic E-state index is 12.4. The van der Waals surface area contributed by atoms with Crippen molar-refractivity contribution in [1.82, 2.24) is 20.1 Å². The Hall–Kier alpha value is -2.06. The molecule has 1 atom stereocenters. The molecule has 0 radical (unpaired) electrons. The van der Waals surface area contributed by atoms with Crippen LogP contribution in [0.1, 0.15) is 23.2 Å². The maximum Gasteiger partial charge on any atom is 0.254 e. The van der Waals surface area contributed by atoms with Crippen molar-refractivity contribution in [3.8, 4) is 0 Å². The van der Waals surface area contributed by atoms with Crippen LogP contribution in [-0.2, 0) is 7.05 Å². The SMILES string of the molecule is CSc1ccc2nc(N3CCCC(NC(=O)c4cnn(C)c4)C3)sc2c1. The number of anilines is 1. The number of carbonyl (C=O) groups excluding carboxylic acids is 1. The molecule has 8 heteroatoms. The van der Waals surface area contributed by atoms with Crippen molar-refractivity contribution in [2.75, 3.05) is 24.2 Å². The number of hydrogen-bond acceptors (Lipinski definition) is 6. The predicted molar refractivity (Wildman–Crippen MR) is 107 cm³/mol. The fraction of sp³-hybridized carbons (Fsp3) is 0.389. The summed E-state index contributed by atoms with van der Waals surface area (Å²) < 4.78 is 2.86. The van der Waals surface area contributed by atoms with Crippen LogP contribution in [-0.4, -0.2) is 46.1 Å². The van der Waals surface area contributed by atoms with E-state index >= 15 is 0 Å². The third-order valence-electron chi connectivity index (χ3n) is 4.58. The zero-order valence-electron chi connectivity index (χ0n) is 14.8. The normalized spacial score (nSPS) is 17.6. The van der Waals surface area contributed by atoms with Gasteiger partial charge in [-0.15, -0.1) is 11.8 Å². The van der Waals surface area contributed by atoms with Crippen molar-refractivity contribution in [3.05, 3.63) is 36.2 Å². The van der Waals surface area contributed by atoms with E-state index < -0.39 is 0 Å². The van der Waals surface area contributed by atoms with Gasteiger partial charge in [0.2, 0.25) is 0 Å². The molecule has 0 aliphatic carbocycles. The molecule has 0 saturated carbocycles. The molecule has 4 rings (SSSR count). The van der Waals surface area contributed by atoms with Crippen molar-refractivity contribution in [3.63, 3.8) is 0 Å². The number of hydrogen-bond donors (Lipinski definition) is 1. The molecule has 3 heterocycles. The molecule has 1 fully saturated rings. The third-order valence-corrected chi connectivity index (χ3v) is 6.38. The monoisotopic (exact) mass is 387 g/mol. The zero-order chi connectivity index (χ0) is 18.1. The van der Waals surface area contributed by atoms with E-state index in [-0.39, 0.29) is 11.9 Å². The lowest BCUT2D eigenvalue weighted by Gasteiger charge is -2.32. The Balaban J connectivity index is 1.47. The Kier molecular flexibility index (Phi) is 4.86. The largest absolute Gasteiger partial charge is 0.347 e. The average molecular weight is 388 g/mol. The number of fused-ring (bicyclic) bond motifs is 1. The number of piperidine rings is 1. The first-order chi connectivity index (χ1) is 12.6. The Morgan fingerprint density at radius 1 is 1.42 bits per heavy atom. The van der Waals surface area contributed by atoms with Crippen LogP contribution in [0.2, 0.25) is 0 Å². The van der Waals surface area contributed by atoms with E-state index in [1.54, 1.807) is 40.2 Å². The molecule has 0 spiro atoms. The highest BCUT2D eigenvalue weighted by atomic mass is 32.2. The molecule has 1 aromatic carbocycles. The Morgan fingerprint density at radius 3 is 3.08 bits per heavy atom. The van der Waals surface area contributed by atoms with E-state index in [9.17, 15) is 4.79 Å². The minimum atomic E-state index is -0.0566. The van der Waals surface area contributed by atoms with Gasteiger partial charge in [0.25, 0.3) is 5.91 Å². The van der Waals surface area contributed by atoms with Gasteiger partial charge in [-0.1, -0.05) is 11.3 Å². The molecule has 26 heavy (non-hydrogen) atoms. The van der Waals surface area contributed by atoms with Crippen molar-refractivity contribution in [2.24, 2.45) is 7.05 Å². The highest BCUT2D eigenvalue weighted by Crippen LogP contribution is 2.32. The Morgan fingerprint density at radius 2 is 2.31 bits per heavy atom. The molecule has 1 saturated heterocycles. The summed E-state index contributed by atoms with van der Waals surface area (Å²) in [7, 11) is 1.81. The topological polar surface area (TPSA) is 63.1 Å². The van der Waals surface area contributed by atoms with Gasteiger partial charge in [0, 0.05) is 37.3 Å². The second kappa shape index (κ2) is 7.28. The van der Waals surface area contributed by atoms with Gasteiger partial charge < -0.3 is 10.2 Å². The molecular weight excluding hydrogens is 366 g/mol. The molecule has 1 amide bonds. The van der Waals surface area contributed by atoms with Crippen LogP contribution in [0.3, 0.4) is 0 Å². The Bertz CT molecular complexity index is 935. The summed E-state index contributed by atoms with van der Waals surface area (Å²) in [6.45, 7) is 1.77. The number of aromatic nitrogens is 3. The number of thiazole rings is 1. The van der Waals surface area contributed by atoms with E-state index in [0.717, 1.165) is 36.6 Å². The molecule has 0 bridgehead atoms. The minimum Gasteiger partial charge on any atom is -0.347 e. The van der Waals surface area contributed by atoms with Gasteiger partial charge in [0.1, 0.15) is 0 Å². The smallest absolute Gasteiger partial charge is 0.254 e. The average Bonchev–Trinajstić information content (AvgIpc) is 3.27. The van der Waals surface area contributed by atoms with Gasteiger partial charge in [0.05, 0.1) is 22.0 Å². The molecule has 1 aliphatic rings. The first-order valence-corrected chi connectivity index (χ1v) is 10.7. The first kappa shape index (κ1) is 17.4. The Labute approximate surface area is 160 Å². The lowest BCUT2D eigenvalue weighted by atomic mass is 10.1. The van der Waals surface area contributed by atoms with E-state index in [1.807, 2.05) is 7.05 Å². The predicted octanol–water partition coefficient (Wildman–Crippen LogP) is 3.15. The van der Waals surface area contributed by atoms with Crippen LogP contribution in [0.5, 0.6) is 0 Å². The number of nitrogens with one attached hydrogen (secondary N) is 1. The number of carbonyl (C=O) groups is 1. The summed E-state index contributed by atoms with van der Waals surface area (Å²) in [4.78, 5) is 20.7. The van der Waals surface area contributed by atoms with Gasteiger partial charge in [0.15, 0.2) is 5.13 Å². The molecule has 1 aliphatic heterocycles. The summed E-state index contributed by atoms with van der Waals surface area (Å²) >= 11 is 3.48. The van der Waals surface area contributed by atoms with Crippen LogP contribution < -0.4 is 10.2 Å². The van der Waals surface area contributed by atoms with Crippen molar-refractivity contribution >= 4 is 44.4 Å². The molecule has 1 N–H and O–H groups in total. The molecule has 3 aromatic rings. The third kappa shape index (κ3) is 3.57. The summed E-state index contributed by atoms with van der Waals surface area (Å²) in [6, 6.07) is 6.54. The lowest BCUT2D eigenvalue weighted by Crippen LogP contribution is -2.47. The zero-order valence-corrected chi connectivity index (χ0v) is 16.4. The quantitative estimate of drug-likeness (QED) is 0.697. The van der Waals surface area contributed by atoms with Gasteiger partial charge in [-0.2, -0.15) is 5.10 Å². The molecule has 2 aromatic heterocycles. The number of thioether (sulfide) groups is 1. The summed E-state index contributed by atoms with van der Waals surface area (Å²) in [5.74, 6) is -0.0566. The first-order valence-electron chi connectivity index (χ1n) is 8.61. The van der Waals surface area contributed by atoms with Crippen LogP contribution in [0, 0.1) is 0 Å². The number of aryl methyl sites for hydroxylation is 1. The van der Waals surface area contributed by atoms with E-state index in [4.69, 9.17) is 4.98 Å². The summed E-state index contributed by atoms with van der Waals surface area (Å²) in [5.41, 5.74) is 1.65. The highest BCUT2D eigenvalue weighted by molar-refractivity contribution is 7.98. The van der Waals surface area contributed by atoms with Crippen LogP contribution in [0.4, 0.5) is 5.13 Å². The number of amides is 1. The van der Waals surface area contributed by atoms with Crippen LogP contribution in [0.25, 0.3) is 10.2 Å². The number of rotatable bonds is 4. The molecule has 6 nitrogen and oxygen atoms in total. The second-order valence-corrected chi connectivity index (χ2v) is 8.38. The molecular formula is C18H21N5OS2. The van der Waals surface area contributed by atoms with Crippen molar-refractivity contribution < 1.29 is 4.79 Å². The van der Waals surface area contributed by atoms with E-state index in [0.29, 0.717) is 5.56 Å². The van der Waals surface area contributed by atoms with Crippen molar-refractivity contribution in [2.45, 2.75) is 23.8 Å². The fourth-order valence-electron chi connectivity index (χ4n) is 3.23. The number of nitrogens with zero attached hydrogens (tertiary/aromatic N) is 4. The highest BCUT2D eigenvalue weighted by Gasteiger charge is 2.24.